The first-order chi connectivity index (χ1) is 10.3. The van der Waals surface area contributed by atoms with Gasteiger partial charge >= 0.3 is 0 Å². The molecule has 1 fully saturated rings. The third-order valence-corrected chi connectivity index (χ3v) is 3.42. The summed E-state index contributed by atoms with van der Waals surface area (Å²) in [4.78, 5) is 26.1. The van der Waals surface area contributed by atoms with Crippen LogP contribution >= 0.6 is 12.4 Å². The number of piperazine rings is 1. The van der Waals surface area contributed by atoms with E-state index in [2.05, 4.69) is 10.4 Å². The van der Waals surface area contributed by atoms with Gasteiger partial charge in [0.15, 0.2) is 0 Å². The Balaban J connectivity index is 0.00000176. The van der Waals surface area contributed by atoms with Gasteiger partial charge in [-0.15, -0.1) is 12.4 Å². The van der Waals surface area contributed by atoms with Gasteiger partial charge in [0.05, 0.1) is 5.69 Å². The maximum atomic E-state index is 12.4. The fourth-order valence-electron chi connectivity index (χ4n) is 2.31. The van der Waals surface area contributed by atoms with Crippen molar-refractivity contribution in [1.29, 1.82) is 0 Å². The highest BCUT2D eigenvalue weighted by atomic mass is 35.5. The van der Waals surface area contributed by atoms with Crippen molar-refractivity contribution in [3.63, 3.8) is 0 Å². The standard InChI is InChI=1S/C15H16N4O2.ClH/c20-14-7-6-13(15(21)18-10-8-16-9-11-18)17-19(14)12-4-2-1-3-5-12;/h1-7,16H,8-11H2;1H. The average Bonchev–Trinajstić information content (AvgIpc) is 2.56. The van der Waals surface area contributed by atoms with E-state index in [-0.39, 0.29) is 23.9 Å². The molecule has 2 aromatic rings. The molecule has 1 aromatic heterocycles. The number of para-hydroxylation sites is 1. The second-order valence-electron chi connectivity index (χ2n) is 4.85. The van der Waals surface area contributed by atoms with E-state index in [4.69, 9.17) is 0 Å². The number of benzene rings is 1. The molecule has 1 aliphatic heterocycles. The highest BCUT2D eigenvalue weighted by Gasteiger charge is 2.20. The second kappa shape index (κ2) is 7.20. The van der Waals surface area contributed by atoms with Crippen molar-refractivity contribution in [3.05, 3.63) is 58.5 Å². The van der Waals surface area contributed by atoms with E-state index in [0.29, 0.717) is 24.5 Å². The van der Waals surface area contributed by atoms with Gasteiger partial charge in [-0.25, -0.2) is 0 Å². The summed E-state index contributed by atoms with van der Waals surface area (Å²) in [5, 5.41) is 7.41. The largest absolute Gasteiger partial charge is 0.335 e. The fraction of sp³-hybridized carbons (Fsp3) is 0.267. The summed E-state index contributed by atoms with van der Waals surface area (Å²) in [6, 6.07) is 12.0. The maximum absolute atomic E-state index is 12.4. The van der Waals surface area contributed by atoms with Crippen molar-refractivity contribution in [2.75, 3.05) is 26.2 Å². The summed E-state index contributed by atoms with van der Waals surface area (Å²) in [6.45, 7) is 2.88. The van der Waals surface area contributed by atoms with Gasteiger partial charge < -0.3 is 10.2 Å². The zero-order valence-electron chi connectivity index (χ0n) is 11.9. The van der Waals surface area contributed by atoms with E-state index in [1.807, 2.05) is 18.2 Å². The highest BCUT2D eigenvalue weighted by Crippen LogP contribution is 2.05. The minimum Gasteiger partial charge on any atom is -0.335 e. The summed E-state index contributed by atoms with van der Waals surface area (Å²) in [5.41, 5.74) is 0.691. The monoisotopic (exact) mass is 320 g/mol. The molecule has 1 N–H and O–H groups in total. The molecule has 3 rings (SSSR count). The van der Waals surface area contributed by atoms with Gasteiger partial charge in [-0.1, -0.05) is 18.2 Å². The third-order valence-electron chi connectivity index (χ3n) is 3.42. The number of hydrogen-bond acceptors (Lipinski definition) is 4. The molecule has 0 radical (unpaired) electrons. The highest BCUT2D eigenvalue weighted by molar-refractivity contribution is 5.92. The first-order valence-electron chi connectivity index (χ1n) is 6.91. The van der Waals surface area contributed by atoms with E-state index in [0.717, 1.165) is 13.1 Å². The molecule has 0 atom stereocenters. The van der Waals surface area contributed by atoms with Gasteiger partial charge in [0.1, 0.15) is 5.69 Å². The van der Waals surface area contributed by atoms with Crippen LogP contribution in [0.5, 0.6) is 0 Å². The van der Waals surface area contributed by atoms with Crippen LogP contribution in [0.3, 0.4) is 0 Å². The molecule has 0 unspecified atom stereocenters. The lowest BCUT2D eigenvalue weighted by Gasteiger charge is -2.27. The van der Waals surface area contributed by atoms with Crippen LogP contribution in [0.25, 0.3) is 5.69 Å². The van der Waals surface area contributed by atoms with Gasteiger partial charge in [0.2, 0.25) is 0 Å². The Kier molecular flexibility index (Phi) is 5.30. The second-order valence-corrected chi connectivity index (χ2v) is 4.85. The van der Waals surface area contributed by atoms with Gasteiger partial charge in [-0.2, -0.15) is 9.78 Å². The molecule has 0 aliphatic carbocycles. The molecule has 0 saturated carbocycles. The van der Waals surface area contributed by atoms with E-state index < -0.39 is 0 Å². The number of rotatable bonds is 2. The van der Waals surface area contributed by atoms with Crippen molar-refractivity contribution < 1.29 is 4.79 Å². The number of carbonyl (C=O) groups is 1. The summed E-state index contributed by atoms with van der Waals surface area (Å²) >= 11 is 0. The van der Waals surface area contributed by atoms with Crippen molar-refractivity contribution >= 4 is 18.3 Å². The average molecular weight is 321 g/mol. The number of nitrogens with one attached hydrogen (secondary N) is 1. The van der Waals surface area contributed by atoms with Crippen LogP contribution in [-0.2, 0) is 0 Å². The Labute approximate surface area is 134 Å². The lowest BCUT2D eigenvalue weighted by Crippen LogP contribution is -2.46. The molecule has 2 heterocycles. The SMILES string of the molecule is Cl.O=C(c1ccc(=O)n(-c2ccccc2)n1)N1CCNCC1. The summed E-state index contributed by atoms with van der Waals surface area (Å²) in [6.07, 6.45) is 0. The van der Waals surface area contributed by atoms with E-state index >= 15 is 0 Å². The Morgan fingerprint density at radius 2 is 1.73 bits per heavy atom. The topological polar surface area (TPSA) is 67.2 Å². The smallest absolute Gasteiger partial charge is 0.274 e. The predicted molar refractivity (Wildman–Crippen MR) is 85.9 cm³/mol. The Hall–Kier alpha value is -2.18. The van der Waals surface area contributed by atoms with E-state index in [1.165, 1.54) is 16.8 Å². The van der Waals surface area contributed by atoms with Crippen molar-refractivity contribution in [2.24, 2.45) is 0 Å². The molecule has 0 spiro atoms. The van der Waals surface area contributed by atoms with Gasteiger partial charge in [0, 0.05) is 32.2 Å². The van der Waals surface area contributed by atoms with Gasteiger partial charge in [-0.3, -0.25) is 9.59 Å². The quantitative estimate of drug-likeness (QED) is 0.884. The number of halogens is 1. The predicted octanol–water partition coefficient (Wildman–Crippen LogP) is 0.700. The van der Waals surface area contributed by atoms with Crippen molar-refractivity contribution in [2.45, 2.75) is 0 Å². The number of aromatic nitrogens is 2. The summed E-state index contributed by atoms with van der Waals surface area (Å²) in [5.74, 6) is -0.138. The maximum Gasteiger partial charge on any atom is 0.274 e. The van der Waals surface area contributed by atoms with Gasteiger partial charge in [0.25, 0.3) is 11.5 Å². The molecule has 0 bridgehead atoms. The lowest BCUT2D eigenvalue weighted by atomic mass is 10.3. The molecular formula is C15H17ClN4O2. The molecule has 116 valence electrons. The molecule has 1 amide bonds. The molecule has 22 heavy (non-hydrogen) atoms. The fourth-order valence-corrected chi connectivity index (χ4v) is 2.31. The number of carbonyl (C=O) groups excluding carboxylic acids is 1. The first-order valence-corrected chi connectivity index (χ1v) is 6.91. The Morgan fingerprint density at radius 1 is 1.05 bits per heavy atom. The van der Waals surface area contributed by atoms with Crippen LogP contribution in [0.1, 0.15) is 10.5 Å². The third kappa shape index (κ3) is 3.35. The lowest BCUT2D eigenvalue weighted by molar-refractivity contribution is 0.0728. The van der Waals surface area contributed by atoms with Crippen molar-refractivity contribution in [3.8, 4) is 5.69 Å². The molecular weight excluding hydrogens is 304 g/mol. The van der Waals surface area contributed by atoms with E-state index in [9.17, 15) is 9.59 Å². The molecule has 6 nitrogen and oxygen atoms in total. The van der Waals surface area contributed by atoms with Crippen LogP contribution in [0.2, 0.25) is 0 Å². The van der Waals surface area contributed by atoms with Crippen LogP contribution in [0.4, 0.5) is 0 Å². The molecule has 1 aliphatic rings. The Bertz CT molecular complexity index is 696. The van der Waals surface area contributed by atoms with Crippen LogP contribution in [0.15, 0.2) is 47.3 Å². The van der Waals surface area contributed by atoms with Crippen molar-refractivity contribution in [1.82, 2.24) is 20.0 Å². The number of nitrogens with zero attached hydrogens (tertiary/aromatic N) is 3. The first kappa shape index (κ1) is 16.2. The normalized spacial score (nSPS) is 14.3. The van der Waals surface area contributed by atoms with Gasteiger partial charge in [-0.05, 0) is 18.2 Å². The van der Waals surface area contributed by atoms with Crippen LogP contribution in [-0.4, -0.2) is 46.8 Å². The van der Waals surface area contributed by atoms with E-state index in [1.54, 1.807) is 17.0 Å². The summed E-state index contributed by atoms with van der Waals surface area (Å²) in [7, 11) is 0. The minimum atomic E-state index is -0.252. The summed E-state index contributed by atoms with van der Waals surface area (Å²) < 4.78 is 1.26. The van der Waals surface area contributed by atoms with Crippen LogP contribution in [0, 0.1) is 0 Å². The molecule has 1 saturated heterocycles. The number of hydrogen-bond donors (Lipinski definition) is 1. The molecule has 7 heteroatoms. The minimum absolute atomic E-state index is 0. The van der Waals surface area contributed by atoms with Crippen LogP contribution < -0.4 is 10.9 Å². The molecule has 1 aromatic carbocycles. The zero-order valence-corrected chi connectivity index (χ0v) is 12.8. The number of amides is 1. The zero-order chi connectivity index (χ0) is 14.7. The Morgan fingerprint density at radius 3 is 2.41 bits per heavy atom.